The van der Waals surface area contributed by atoms with Gasteiger partial charge in [0.25, 0.3) is 0 Å². The van der Waals surface area contributed by atoms with Gasteiger partial charge >= 0.3 is 0 Å². The Hall–Kier alpha value is -1.78. The summed E-state index contributed by atoms with van der Waals surface area (Å²) in [4.78, 5) is 0. The largest absolute Gasteiger partial charge is 0.468 e. The summed E-state index contributed by atoms with van der Waals surface area (Å²) >= 11 is 0. The van der Waals surface area contributed by atoms with E-state index in [1.165, 1.54) is 5.56 Å². The molecule has 0 aliphatic rings. The first kappa shape index (κ1) is 11.7. The molecule has 2 rings (SSSR count). The smallest absolute Gasteiger partial charge is 0.181 e. The van der Waals surface area contributed by atoms with E-state index in [2.05, 4.69) is 10.6 Å². The Morgan fingerprint density at radius 1 is 1.24 bits per heavy atom. The Kier molecular flexibility index (Phi) is 3.80. The van der Waals surface area contributed by atoms with Crippen molar-refractivity contribution in [3.8, 4) is 0 Å². The number of hydrogen-bond donors (Lipinski definition) is 3. The number of aliphatic hydroxyl groups excluding tert-OH is 1. The number of benzene rings is 1. The molecule has 0 spiro atoms. The maximum atomic E-state index is 9.71. The van der Waals surface area contributed by atoms with Gasteiger partial charge in [-0.15, -0.1) is 0 Å². The molecule has 0 radical (unpaired) electrons. The van der Waals surface area contributed by atoms with Crippen LogP contribution in [-0.4, -0.2) is 11.5 Å². The molecule has 4 heteroatoms. The molecule has 1 atom stereocenters. The van der Waals surface area contributed by atoms with Crippen molar-refractivity contribution < 1.29 is 9.52 Å². The van der Waals surface area contributed by atoms with E-state index in [4.69, 9.17) is 4.42 Å². The van der Waals surface area contributed by atoms with Gasteiger partial charge in [0.15, 0.2) is 6.35 Å². The van der Waals surface area contributed by atoms with Gasteiger partial charge in [-0.3, -0.25) is 5.32 Å². The molecule has 0 bridgehead atoms. The van der Waals surface area contributed by atoms with Crippen LogP contribution in [0.2, 0.25) is 0 Å². The minimum atomic E-state index is -0.803. The predicted molar refractivity (Wildman–Crippen MR) is 66.4 cm³/mol. The summed E-state index contributed by atoms with van der Waals surface area (Å²) in [5.74, 6) is 0.787. The molecule has 1 aromatic carbocycles. The average Bonchev–Trinajstić information content (AvgIpc) is 2.83. The van der Waals surface area contributed by atoms with Gasteiger partial charge in [0.2, 0.25) is 0 Å². The second-order valence-corrected chi connectivity index (χ2v) is 3.87. The SMILES string of the molecule is Cc1ccc(NC(O)NCc2ccco2)cc1. The lowest BCUT2D eigenvalue weighted by molar-refractivity contribution is 0.160. The van der Waals surface area contributed by atoms with Gasteiger partial charge in [0.05, 0.1) is 12.8 Å². The van der Waals surface area contributed by atoms with Crippen molar-refractivity contribution in [2.24, 2.45) is 0 Å². The van der Waals surface area contributed by atoms with Crippen LogP contribution >= 0.6 is 0 Å². The Morgan fingerprint density at radius 2 is 2.00 bits per heavy atom. The number of rotatable bonds is 5. The zero-order valence-electron chi connectivity index (χ0n) is 9.68. The highest BCUT2D eigenvalue weighted by Crippen LogP contribution is 2.09. The summed E-state index contributed by atoms with van der Waals surface area (Å²) < 4.78 is 5.15. The van der Waals surface area contributed by atoms with Crippen molar-refractivity contribution in [3.63, 3.8) is 0 Å². The van der Waals surface area contributed by atoms with Gasteiger partial charge in [-0.25, -0.2) is 0 Å². The maximum Gasteiger partial charge on any atom is 0.181 e. The number of aliphatic hydroxyl groups is 1. The van der Waals surface area contributed by atoms with Crippen LogP contribution in [0, 0.1) is 6.92 Å². The van der Waals surface area contributed by atoms with Crippen molar-refractivity contribution >= 4 is 5.69 Å². The zero-order valence-corrected chi connectivity index (χ0v) is 9.68. The topological polar surface area (TPSA) is 57.4 Å². The molecule has 0 saturated heterocycles. The molecule has 0 amide bonds. The molecular weight excluding hydrogens is 216 g/mol. The van der Waals surface area contributed by atoms with Crippen LogP contribution in [-0.2, 0) is 6.54 Å². The molecule has 1 aromatic heterocycles. The molecular formula is C13H16N2O2. The maximum absolute atomic E-state index is 9.71. The van der Waals surface area contributed by atoms with E-state index in [1.54, 1.807) is 6.26 Å². The summed E-state index contributed by atoms with van der Waals surface area (Å²) in [5.41, 5.74) is 2.06. The third kappa shape index (κ3) is 3.62. The van der Waals surface area contributed by atoms with Gasteiger partial charge in [-0.1, -0.05) is 17.7 Å². The molecule has 90 valence electrons. The number of hydrogen-bond acceptors (Lipinski definition) is 4. The Bertz CT molecular complexity index is 437. The first-order valence-electron chi connectivity index (χ1n) is 5.51. The first-order valence-corrected chi connectivity index (χ1v) is 5.51. The number of furan rings is 1. The molecule has 3 N–H and O–H groups in total. The Morgan fingerprint density at radius 3 is 2.65 bits per heavy atom. The lowest BCUT2D eigenvalue weighted by atomic mass is 10.2. The summed E-state index contributed by atoms with van der Waals surface area (Å²) in [6.45, 7) is 2.50. The van der Waals surface area contributed by atoms with E-state index in [-0.39, 0.29) is 0 Å². The fourth-order valence-electron chi connectivity index (χ4n) is 1.47. The standard InChI is InChI=1S/C13H16N2O2/c1-10-4-6-11(7-5-10)15-13(16)14-9-12-3-2-8-17-12/h2-8,13-16H,9H2,1H3. The van der Waals surface area contributed by atoms with Crippen molar-refractivity contribution in [1.82, 2.24) is 5.32 Å². The molecule has 0 saturated carbocycles. The first-order chi connectivity index (χ1) is 8.24. The van der Waals surface area contributed by atoms with E-state index in [0.29, 0.717) is 6.54 Å². The lowest BCUT2D eigenvalue weighted by Crippen LogP contribution is -2.35. The molecule has 1 unspecified atom stereocenters. The van der Waals surface area contributed by atoms with Crippen molar-refractivity contribution in [1.29, 1.82) is 0 Å². The van der Waals surface area contributed by atoms with Gasteiger partial charge < -0.3 is 14.8 Å². The zero-order chi connectivity index (χ0) is 12.1. The third-order valence-corrected chi connectivity index (χ3v) is 2.40. The summed E-state index contributed by atoms with van der Waals surface area (Å²) in [7, 11) is 0. The van der Waals surface area contributed by atoms with Crippen molar-refractivity contribution in [3.05, 3.63) is 54.0 Å². The highest BCUT2D eigenvalue weighted by Gasteiger charge is 2.03. The molecule has 2 aromatic rings. The monoisotopic (exact) mass is 232 g/mol. The van der Waals surface area contributed by atoms with Gasteiger partial charge in [-0.2, -0.15) is 0 Å². The predicted octanol–water partition coefficient (Wildman–Crippen LogP) is 2.07. The van der Waals surface area contributed by atoms with E-state index in [0.717, 1.165) is 11.4 Å². The highest BCUT2D eigenvalue weighted by atomic mass is 16.3. The second kappa shape index (κ2) is 5.52. The average molecular weight is 232 g/mol. The van der Waals surface area contributed by atoms with Crippen molar-refractivity contribution in [2.75, 3.05) is 5.32 Å². The molecule has 1 heterocycles. The van der Waals surface area contributed by atoms with Crippen molar-refractivity contribution in [2.45, 2.75) is 19.8 Å². The van der Waals surface area contributed by atoms with E-state index >= 15 is 0 Å². The van der Waals surface area contributed by atoms with Gasteiger partial charge in [0, 0.05) is 5.69 Å². The van der Waals surface area contributed by atoms with Crippen LogP contribution in [0.15, 0.2) is 47.1 Å². The Balaban J connectivity index is 1.80. The van der Waals surface area contributed by atoms with Crippen LogP contribution in [0.1, 0.15) is 11.3 Å². The van der Waals surface area contributed by atoms with E-state index in [9.17, 15) is 5.11 Å². The molecule has 0 aliphatic carbocycles. The minimum absolute atomic E-state index is 0.479. The second-order valence-electron chi connectivity index (χ2n) is 3.87. The summed E-state index contributed by atoms with van der Waals surface area (Å²) in [5, 5.41) is 15.5. The van der Waals surface area contributed by atoms with Crippen LogP contribution in [0.4, 0.5) is 5.69 Å². The fraction of sp³-hybridized carbons (Fsp3) is 0.231. The van der Waals surface area contributed by atoms with Crippen LogP contribution < -0.4 is 10.6 Å². The normalized spacial score (nSPS) is 12.4. The number of anilines is 1. The van der Waals surface area contributed by atoms with Crippen LogP contribution in [0.3, 0.4) is 0 Å². The van der Waals surface area contributed by atoms with Gasteiger partial charge in [0.1, 0.15) is 5.76 Å². The lowest BCUT2D eigenvalue weighted by Gasteiger charge is -2.15. The van der Waals surface area contributed by atoms with Crippen LogP contribution in [0.25, 0.3) is 0 Å². The van der Waals surface area contributed by atoms with E-state index < -0.39 is 6.35 Å². The third-order valence-electron chi connectivity index (χ3n) is 2.40. The highest BCUT2D eigenvalue weighted by molar-refractivity contribution is 5.44. The minimum Gasteiger partial charge on any atom is -0.468 e. The molecule has 4 nitrogen and oxygen atoms in total. The number of nitrogens with one attached hydrogen (secondary N) is 2. The molecule has 0 aliphatic heterocycles. The summed E-state index contributed by atoms with van der Waals surface area (Å²) in [6, 6.07) is 11.5. The Labute approximate surface area is 100 Å². The molecule has 17 heavy (non-hydrogen) atoms. The fourth-order valence-corrected chi connectivity index (χ4v) is 1.47. The van der Waals surface area contributed by atoms with Crippen LogP contribution in [0.5, 0.6) is 0 Å². The van der Waals surface area contributed by atoms with Gasteiger partial charge in [-0.05, 0) is 31.2 Å². The summed E-state index contributed by atoms with van der Waals surface area (Å²) in [6.07, 6.45) is 0.805. The quantitative estimate of drug-likeness (QED) is 0.691. The van der Waals surface area contributed by atoms with E-state index in [1.807, 2.05) is 43.3 Å². The number of aryl methyl sites for hydroxylation is 1. The molecule has 0 fully saturated rings.